The zero-order chi connectivity index (χ0) is 23.7. The fourth-order valence-corrected chi connectivity index (χ4v) is 4.30. The molecule has 0 aliphatic carbocycles. The Morgan fingerprint density at radius 2 is 1.73 bits per heavy atom. The van der Waals surface area contributed by atoms with Crippen molar-refractivity contribution in [1.29, 1.82) is 0 Å². The van der Waals surface area contributed by atoms with Crippen molar-refractivity contribution in [3.8, 4) is 0 Å². The van der Waals surface area contributed by atoms with Gasteiger partial charge in [-0.3, -0.25) is 9.59 Å². The van der Waals surface area contributed by atoms with Crippen LogP contribution in [-0.4, -0.2) is 54.1 Å². The quantitative estimate of drug-likeness (QED) is 0.545. The minimum Gasteiger partial charge on any atom is -0.462 e. The van der Waals surface area contributed by atoms with E-state index in [4.69, 9.17) is 16.3 Å². The highest BCUT2D eigenvalue weighted by Crippen LogP contribution is 2.32. The third kappa shape index (κ3) is 4.30. The summed E-state index contributed by atoms with van der Waals surface area (Å²) in [6, 6.07) is 10.6. The van der Waals surface area contributed by atoms with Gasteiger partial charge in [0.05, 0.1) is 17.8 Å². The number of benzene rings is 2. The van der Waals surface area contributed by atoms with Gasteiger partial charge >= 0.3 is 5.97 Å². The molecule has 1 aliphatic heterocycles. The van der Waals surface area contributed by atoms with Crippen LogP contribution in [0.1, 0.15) is 27.6 Å². The molecule has 0 N–H and O–H groups in total. The van der Waals surface area contributed by atoms with Gasteiger partial charge in [-0.1, -0.05) is 11.6 Å². The molecule has 1 fully saturated rings. The molecule has 2 aromatic carbocycles. The number of piperazine rings is 1. The first kappa shape index (κ1) is 22.8. The van der Waals surface area contributed by atoms with Crippen LogP contribution in [0.15, 0.2) is 47.3 Å². The lowest BCUT2D eigenvalue weighted by molar-refractivity contribution is 0.0523. The number of pyridine rings is 1. The number of amides is 1. The number of fused-ring (bicyclic) bond motifs is 1. The van der Waals surface area contributed by atoms with Gasteiger partial charge in [-0.05, 0) is 49.4 Å². The molecular formula is C24H23ClFN3O4. The molecule has 9 heteroatoms. The second-order valence-corrected chi connectivity index (χ2v) is 8.19. The lowest BCUT2D eigenvalue weighted by atomic mass is 10.1. The fourth-order valence-electron chi connectivity index (χ4n) is 4.13. The molecule has 0 unspecified atom stereocenters. The van der Waals surface area contributed by atoms with Crippen LogP contribution in [0.25, 0.3) is 10.9 Å². The van der Waals surface area contributed by atoms with E-state index in [0.29, 0.717) is 53.4 Å². The molecule has 2 heterocycles. The highest BCUT2D eigenvalue weighted by molar-refractivity contribution is 6.31. The van der Waals surface area contributed by atoms with E-state index < -0.39 is 17.3 Å². The van der Waals surface area contributed by atoms with Crippen LogP contribution in [-0.2, 0) is 11.8 Å². The number of nitrogens with zero attached hydrogens (tertiary/aromatic N) is 3. The summed E-state index contributed by atoms with van der Waals surface area (Å²) in [4.78, 5) is 42.3. The summed E-state index contributed by atoms with van der Waals surface area (Å²) in [6.07, 6.45) is 0. The van der Waals surface area contributed by atoms with Gasteiger partial charge in [0.25, 0.3) is 11.5 Å². The standard InChI is InChI=1S/C24H23ClFN3O4/c1-3-33-24(32)20-21(18-14-16(25)6-9-19(18)27(2)23(20)31)28-10-12-29(13-11-28)22(30)15-4-7-17(26)8-5-15/h4-9,14H,3,10-13H2,1-2H3. The Bertz CT molecular complexity index is 1280. The van der Waals surface area contributed by atoms with Crippen molar-refractivity contribution in [3.63, 3.8) is 0 Å². The molecular weight excluding hydrogens is 449 g/mol. The number of esters is 1. The van der Waals surface area contributed by atoms with Gasteiger partial charge in [0, 0.05) is 49.2 Å². The van der Waals surface area contributed by atoms with Crippen molar-refractivity contribution in [2.45, 2.75) is 6.92 Å². The number of aryl methyl sites for hydroxylation is 1. The van der Waals surface area contributed by atoms with Crippen LogP contribution in [0.4, 0.5) is 10.1 Å². The molecule has 0 atom stereocenters. The fraction of sp³-hybridized carbons (Fsp3) is 0.292. The molecule has 0 saturated carbocycles. The first-order valence-corrected chi connectivity index (χ1v) is 11.0. The summed E-state index contributed by atoms with van der Waals surface area (Å²) >= 11 is 6.26. The van der Waals surface area contributed by atoms with E-state index in [1.165, 1.54) is 28.8 Å². The number of halogens is 2. The average molecular weight is 472 g/mol. The summed E-state index contributed by atoms with van der Waals surface area (Å²) in [5.74, 6) is -1.30. The van der Waals surface area contributed by atoms with Crippen molar-refractivity contribution in [1.82, 2.24) is 9.47 Å². The Balaban J connectivity index is 1.71. The Morgan fingerprint density at radius 1 is 1.06 bits per heavy atom. The molecule has 0 spiro atoms. The molecule has 1 aromatic heterocycles. The Morgan fingerprint density at radius 3 is 2.36 bits per heavy atom. The number of anilines is 1. The number of carbonyl (C=O) groups excluding carboxylic acids is 2. The molecule has 33 heavy (non-hydrogen) atoms. The molecule has 1 aliphatic rings. The normalized spacial score (nSPS) is 13.9. The maximum absolute atomic E-state index is 13.2. The summed E-state index contributed by atoms with van der Waals surface area (Å²) in [5.41, 5.74) is 0.999. The van der Waals surface area contributed by atoms with E-state index in [1.54, 1.807) is 37.1 Å². The minimum atomic E-state index is -0.695. The van der Waals surface area contributed by atoms with Gasteiger partial charge in [-0.15, -0.1) is 0 Å². The molecule has 0 bridgehead atoms. The van der Waals surface area contributed by atoms with E-state index in [0.717, 1.165) is 0 Å². The maximum Gasteiger partial charge on any atom is 0.345 e. The van der Waals surface area contributed by atoms with Crippen molar-refractivity contribution in [2.75, 3.05) is 37.7 Å². The van der Waals surface area contributed by atoms with E-state index in [2.05, 4.69) is 0 Å². The monoisotopic (exact) mass is 471 g/mol. The van der Waals surface area contributed by atoms with Gasteiger partial charge < -0.3 is 19.1 Å². The average Bonchev–Trinajstić information content (AvgIpc) is 2.81. The number of aromatic nitrogens is 1. The third-order valence-corrected chi connectivity index (χ3v) is 6.02. The predicted octanol–water partition coefficient (Wildman–Crippen LogP) is 3.47. The predicted molar refractivity (Wildman–Crippen MR) is 125 cm³/mol. The van der Waals surface area contributed by atoms with Crippen LogP contribution in [0.2, 0.25) is 5.02 Å². The van der Waals surface area contributed by atoms with Crippen molar-refractivity contribution in [2.24, 2.45) is 7.05 Å². The number of hydrogen-bond donors (Lipinski definition) is 0. The topological polar surface area (TPSA) is 71.8 Å². The van der Waals surface area contributed by atoms with Gasteiger partial charge in [0.2, 0.25) is 0 Å². The summed E-state index contributed by atoms with van der Waals surface area (Å²) in [7, 11) is 1.60. The SMILES string of the molecule is CCOC(=O)c1c(N2CCN(C(=O)c3ccc(F)cc3)CC2)c2cc(Cl)ccc2n(C)c1=O. The largest absolute Gasteiger partial charge is 0.462 e. The molecule has 3 aromatic rings. The molecule has 172 valence electrons. The highest BCUT2D eigenvalue weighted by atomic mass is 35.5. The summed E-state index contributed by atoms with van der Waals surface area (Å²) < 4.78 is 19.8. The second kappa shape index (κ2) is 9.23. The molecule has 1 saturated heterocycles. The Hall–Kier alpha value is -3.39. The maximum atomic E-state index is 13.2. The van der Waals surface area contributed by atoms with Crippen molar-refractivity contribution < 1.29 is 18.7 Å². The second-order valence-electron chi connectivity index (χ2n) is 7.76. The lowest BCUT2D eigenvalue weighted by Crippen LogP contribution is -2.49. The van der Waals surface area contributed by atoms with Gasteiger partial charge in [0.1, 0.15) is 11.4 Å². The lowest BCUT2D eigenvalue weighted by Gasteiger charge is -2.37. The first-order valence-electron chi connectivity index (χ1n) is 10.6. The summed E-state index contributed by atoms with van der Waals surface area (Å²) in [5, 5.41) is 1.13. The number of hydrogen-bond acceptors (Lipinski definition) is 5. The Labute approximate surface area is 194 Å². The van der Waals surface area contributed by atoms with Gasteiger partial charge in [-0.2, -0.15) is 0 Å². The zero-order valence-corrected chi connectivity index (χ0v) is 19.1. The van der Waals surface area contributed by atoms with Crippen LogP contribution < -0.4 is 10.5 Å². The zero-order valence-electron chi connectivity index (χ0n) is 18.3. The van der Waals surface area contributed by atoms with E-state index in [1.807, 2.05) is 4.90 Å². The minimum absolute atomic E-state index is 0.0487. The number of rotatable bonds is 4. The molecule has 1 amide bonds. The van der Waals surface area contributed by atoms with Gasteiger partial charge in [-0.25, -0.2) is 9.18 Å². The number of carbonyl (C=O) groups is 2. The highest BCUT2D eigenvalue weighted by Gasteiger charge is 2.30. The van der Waals surface area contributed by atoms with Gasteiger partial charge in [0.15, 0.2) is 0 Å². The van der Waals surface area contributed by atoms with E-state index >= 15 is 0 Å². The molecule has 0 radical (unpaired) electrons. The Kier molecular flexibility index (Phi) is 6.37. The first-order chi connectivity index (χ1) is 15.8. The number of ether oxygens (including phenoxy) is 1. The molecule has 7 nitrogen and oxygen atoms in total. The van der Waals surface area contributed by atoms with E-state index in [9.17, 15) is 18.8 Å². The van der Waals surface area contributed by atoms with Crippen LogP contribution in [0.5, 0.6) is 0 Å². The van der Waals surface area contributed by atoms with Crippen molar-refractivity contribution >= 4 is 40.1 Å². The molecule has 4 rings (SSSR count). The third-order valence-electron chi connectivity index (χ3n) is 5.78. The van der Waals surface area contributed by atoms with Crippen LogP contribution >= 0.6 is 11.6 Å². The van der Waals surface area contributed by atoms with E-state index in [-0.39, 0.29) is 18.1 Å². The summed E-state index contributed by atoms with van der Waals surface area (Å²) in [6.45, 7) is 3.35. The van der Waals surface area contributed by atoms with Crippen LogP contribution in [0.3, 0.4) is 0 Å². The van der Waals surface area contributed by atoms with Crippen molar-refractivity contribution in [3.05, 3.63) is 74.8 Å². The van der Waals surface area contributed by atoms with Crippen LogP contribution in [0, 0.1) is 5.82 Å². The smallest absolute Gasteiger partial charge is 0.345 e.